The van der Waals surface area contributed by atoms with E-state index in [-0.39, 0.29) is 0 Å². The van der Waals surface area contributed by atoms with Crippen LogP contribution in [0.2, 0.25) is 0 Å². The van der Waals surface area contributed by atoms with Crippen LogP contribution in [-0.2, 0) is 4.79 Å². The summed E-state index contributed by atoms with van der Waals surface area (Å²) in [5.41, 5.74) is 1.25. The molecule has 0 unspecified atom stereocenters. The lowest BCUT2D eigenvalue weighted by atomic mass is 10.1. The van der Waals surface area contributed by atoms with E-state index in [9.17, 15) is 4.79 Å². The average Bonchev–Trinajstić information content (AvgIpc) is 2.47. The van der Waals surface area contributed by atoms with Gasteiger partial charge in [-0.15, -0.1) is 0 Å². The summed E-state index contributed by atoms with van der Waals surface area (Å²) in [6.45, 7) is 0.597. The number of Topliss-reactive ketones (excluding diaryl/α,β-unsaturated/α-hetero) is 1. The highest BCUT2D eigenvalue weighted by molar-refractivity contribution is 5.83. The number of benzene rings is 1. The minimum absolute atomic E-state index is 0.300. The molecule has 0 aliphatic carbocycles. The Morgan fingerprint density at radius 3 is 2.54 bits per heavy atom. The fourth-order valence-electron chi connectivity index (χ4n) is 1.87. The largest absolute Gasteiger partial charge is 0.298 e. The number of nitrogens with zero attached hydrogens (tertiary/aromatic N) is 1. The number of hydrogen-bond donors (Lipinski definition) is 0. The molecule has 1 aromatic rings. The third-order valence-corrected chi connectivity index (χ3v) is 2.56. The predicted molar refractivity (Wildman–Crippen MR) is 51.4 cm³/mol. The summed E-state index contributed by atoms with van der Waals surface area (Å²) in [7, 11) is 2.00. The van der Waals surface area contributed by atoms with Crippen molar-refractivity contribution in [3.63, 3.8) is 0 Å². The van der Waals surface area contributed by atoms with Crippen molar-refractivity contribution < 1.29 is 4.79 Å². The number of rotatable bonds is 1. The van der Waals surface area contributed by atoms with Crippen molar-refractivity contribution in [1.82, 2.24) is 4.90 Å². The monoisotopic (exact) mass is 175 g/mol. The Hall–Kier alpha value is -1.15. The number of likely N-dealkylation sites (tertiary alicyclic amines) is 1. The zero-order valence-electron chi connectivity index (χ0n) is 7.73. The molecule has 2 heteroatoms. The van der Waals surface area contributed by atoms with Crippen LogP contribution in [0.3, 0.4) is 0 Å². The van der Waals surface area contributed by atoms with Crippen molar-refractivity contribution in [3.8, 4) is 0 Å². The summed E-state index contributed by atoms with van der Waals surface area (Å²) in [6.07, 6.45) is 0.667. The first-order valence-corrected chi connectivity index (χ1v) is 4.54. The molecule has 1 aliphatic heterocycles. The molecule has 0 N–H and O–H groups in total. The maximum absolute atomic E-state index is 11.2. The van der Waals surface area contributed by atoms with E-state index in [1.165, 1.54) is 5.56 Å². The average molecular weight is 175 g/mol. The third-order valence-electron chi connectivity index (χ3n) is 2.56. The lowest BCUT2D eigenvalue weighted by Crippen LogP contribution is -2.18. The van der Waals surface area contributed by atoms with Gasteiger partial charge in [0.25, 0.3) is 0 Å². The van der Waals surface area contributed by atoms with Crippen molar-refractivity contribution >= 4 is 5.78 Å². The van der Waals surface area contributed by atoms with Crippen LogP contribution < -0.4 is 0 Å². The minimum atomic E-state index is 0.300. The van der Waals surface area contributed by atoms with Gasteiger partial charge in [0.2, 0.25) is 0 Å². The SMILES string of the molecule is CN1CC(=O)C[C@H]1c1ccccc1. The van der Waals surface area contributed by atoms with E-state index in [0.717, 1.165) is 0 Å². The highest BCUT2D eigenvalue weighted by atomic mass is 16.1. The normalized spacial score (nSPS) is 23.8. The van der Waals surface area contributed by atoms with Crippen molar-refractivity contribution in [2.24, 2.45) is 0 Å². The molecule has 0 bridgehead atoms. The van der Waals surface area contributed by atoms with Gasteiger partial charge in [0.05, 0.1) is 6.54 Å². The zero-order valence-corrected chi connectivity index (χ0v) is 7.73. The van der Waals surface area contributed by atoms with E-state index in [0.29, 0.717) is 24.8 Å². The molecule has 0 radical (unpaired) electrons. The molecular weight excluding hydrogens is 162 g/mol. The summed E-state index contributed by atoms with van der Waals surface area (Å²) in [5, 5.41) is 0. The van der Waals surface area contributed by atoms with Crippen LogP contribution in [0.5, 0.6) is 0 Å². The summed E-state index contributed by atoms with van der Waals surface area (Å²) < 4.78 is 0. The van der Waals surface area contributed by atoms with Gasteiger partial charge < -0.3 is 0 Å². The second kappa shape index (κ2) is 3.30. The van der Waals surface area contributed by atoms with Crippen LogP contribution in [-0.4, -0.2) is 24.3 Å². The van der Waals surface area contributed by atoms with Gasteiger partial charge in [0, 0.05) is 12.5 Å². The van der Waals surface area contributed by atoms with Gasteiger partial charge in [-0.2, -0.15) is 0 Å². The molecule has 2 rings (SSSR count). The molecule has 68 valence electrons. The zero-order chi connectivity index (χ0) is 9.26. The predicted octanol–water partition coefficient (Wildman–Crippen LogP) is 1.63. The smallest absolute Gasteiger partial charge is 0.148 e. The second-order valence-electron chi connectivity index (χ2n) is 3.58. The molecular formula is C11H13NO. The quantitative estimate of drug-likeness (QED) is 0.646. The van der Waals surface area contributed by atoms with E-state index in [2.05, 4.69) is 17.0 Å². The fourth-order valence-corrected chi connectivity index (χ4v) is 1.87. The van der Waals surface area contributed by atoms with Crippen LogP contribution in [0, 0.1) is 0 Å². The van der Waals surface area contributed by atoms with Crippen LogP contribution in [0.15, 0.2) is 30.3 Å². The molecule has 1 saturated heterocycles. The first-order chi connectivity index (χ1) is 6.27. The molecule has 13 heavy (non-hydrogen) atoms. The van der Waals surface area contributed by atoms with Crippen LogP contribution in [0.1, 0.15) is 18.0 Å². The third kappa shape index (κ3) is 1.63. The van der Waals surface area contributed by atoms with E-state index < -0.39 is 0 Å². The van der Waals surface area contributed by atoms with Crippen LogP contribution in [0.25, 0.3) is 0 Å². The van der Waals surface area contributed by atoms with Crippen molar-refractivity contribution in [3.05, 3.63) is 35.9 Å². The highest BCUT2D eigenvalue weighted by Crippen LogP contribution is 2.27. The van der Waals surface area contributed by atoms with Gasteiger partial charge in [0.1, 0.15) is 5.78 Å². The Bertz CT molecular complexity index is 307. The summed E-state index contributed by atoms with van der Waals surface area (Å²) in [5.74, 6) is 0.344. The Labute approximate surface area is 78.2 Å². The lowest BCUT2D eigenvalue weighted by molar-refractivity contribution is -0.116. The van der Waals surface area contributed by atoms with Crippen LogP contribution >= 0.6 is 0 Å². The van der Waals surface area contributed by atoms with Gasteiger partial charge in [0.15, 0.2) is 0 Å². The maximum atomic E-state index is 11.2. The first-order valence-electron chi connectivity index (χ1n) is 4.54. The van der Waals surface area contributed by atoms with Crippen molar-refractivity contribution in [1.29, 1.82) is 0 Å². The van der Waals surface area contributed by atoms with Gasteiger partial charge in [-0.1, -0.05) is 30.3 Å². The Balaban J connectivity index is 2.23. The van der Waals surface area contributed by atoms with Gasteiger partial charge >= 0.3 is 0 Å². The molecule has 1 aliphatic rings. The van der Waals surface area contributed by atoms with Gasteiger partial charge in [-0.3, -0.25) is 9.69 Å². The first kappa shape index (κ1) is 8.45. The molecule has 0 amide bonds. The molecule has 0 spiro atoms. The number of carbonyl (C=O) groups excluding carboxylic acids is 1. The minimum Gasteiger partial charge on any atom is -0.298 e. The summed E-state index contributed by atoms with van der Waals surface area (Å²) in [4.78, 5) is 13.3. The van der Waals surface area contributed by atoms with Gasteiger partial charge in [-0.05, 0) is 12.6 Å². The Morgan fingerprint density at radius 1 is 1.31 bits per heavy atom. The summed E-state index contributed by atoms with van der Waals surface area (Å²) in [6, 6.07) is 10.5. The molecule has 2 nitrogen and oxygen atoms in total. The molecule has 0 aromatic heterocycles. The molecule has 1 fully saturated rings. The second-order valence-corrected chi connectivity index (χ2v) is 3.58. The molecule has 1 atom stereocenters. The fraction of sp³-hybridized carbons (Fsp3) is 0.364. The number of ketones is 1. The summed E-state index contributed by atoms with van der Waals surface area (Å²) >= 11 is 0. The topological polar surface area (TPSA) is 20.3 Å². The lowest BCUT2D eigenvalue weighted by Gasteiger charge is -2.18. The van der Waals surface area contributed by atoms with Gasteiger partial charge in [-0.25, -0.2) is 0 Å². The van der Waals surface area contributed by atoms with E-state index in [4.69, 9.17) is 0 Å². The standard InChI is InChI=1S/C11H13NO/c1-12-8-10(13)7-11(12)9-5-3-2-4-6-9/h2-6,11H,7-8H2,1H3/t11-/m0/s1. The van der Waals surface area contributed by atoms with Crippen LogP contribution in [0.4, 0.5) is 0 Å². The molecule has 0 saturated carbocycles. The molecule has 1 heterocycles. The number of carbonyl (C=O) groups is 1. The number of hydrogen-bond acceptors (Lipinski definition) is 2. The molecule has 1 aromatic carbocycles. The number of likely N-dealkylation sites (N-methyl/N-ethyl adjacent to an activating group) is 1. The Morgan fingerprint density at radius 2 is 2.00 bits per heavy atom. The van der Waals surface area contributed by atoms with E-state index in [1.54, 1.807) is 0 Å². The van der Waals surface area contributed by atoms with Crippen molar-refractivity contribution in [2.75, 3.05) is 13.6 Å². The maximum Gasteiger partial charge on any atom is 0.148 e. The Kier molecular flexibility index (Phi) is 2.15. The van der Waals surface area contributed by atoms with E-state index >= 15 is 0 Å². The van der Waals surface area contributed by atoms with Crippen molar-refractivity contribution in [2.45, 2.75) is 12.5 Å². The highest BCUT2D eigenvalue weighted by Gasteiger charge is 2.28. The van der Waals surface area contributed by atoms with E-state index in [1.807, 2.05) is 25.2 Å².